The lowest BCUT2D eigenvalue weighted by atomic mass is 10.0. The first kappa shape index (κ1) is 21.2. The Morgan fingerprint density at radius 3 is 2.28 bits per heavy atom. The van der Waals surface area contributed by atoms with Crippen molar-refractivity contribution >= 4 is 23.5 Å². The Kier molecular flexibility index (Phi) is 10.5. The number of unbranched alkanes of at least 4 members (excludes halogenated alkanes) is 8. The Balaban J connectivity index is 1.59. The van der Waals surface area contributed by atoms with Gasteiger partial charge in [0.2, 0.25) is 0 Å². The highest BCUT2D eigenvalue weighted by atomic mass is 32.2. The fraction of sp³-hybridized carbons (Fsp3) is 0.857. The van der Waals surface area contributed by atoms with Crippen molar-refractivity contribution in [2.24, 2.45) is 0 Å². The standard InChI is InChI=1S/C21H38N2S2/c1-3-4-5-6-7-8-9-10-11-13-21(24-18-20(2)25-21)14-12-16-23-17-15-22-19-23/h15,17,19-20H,3-14,16,18H2,1-2H3. The van der Waals surface area contributed by atoms with E-state index < -0.39 is 0 Å². The Bertz CT molecular complexity index is 435. The molecule has 4 heteroatoms. The van der Waals surface area contributed by atoms with Crippen LogP contribution in [0.3, 0.4) is 0 Å². The third-order valence-corrected chi connectivity index (χ3v) is 9.05. The summed E-state index contributed by atoms with van der Waals surface area (Å²) in [6.07, 6.45) is 22.9. The van der Waals surface area contributed by atoms with Crippen LogP contribution in [0.15, 0.2) is 18.7 Å². The summed E-state index contributed by atoms with van der Waals surface area (Å²) in [4.78, 5) is 4.16. The van der Waals surface area contributed by atoms with Gasteiger partial charge in [-0.15, -0.1) is 23.5 Å². The Morgan fingerprint density at radius 2 is 1.68 bits per heavy atom. The van der Waals surface area contributed by atoms with E-state index in [0.29, 0.717) is 4.08 Å². The second-order valence-electron chi connectivity index (χ2n) is 7.63. The van der Waals surface area contributed by atoms with E-state index in [0.717, 1.165) is 11.8 Å². The van der Waals surface area contributed by atoms with E-state index in [-0.39, 0.29) is 0 Å². The molecule has 1 aromatic heterocycles. The quantitative estimate of drug-likeness (QED) is 0.318. The van der Waals surface area contributed by atoms with Gasteiger partial charge in [-0.2, -0.15) is 0 Å². The highest BCUT2D eigenvalue weighted by Crippen LogP contribution is 2.53. The molecule has 2 atom stereocenters. The SMILES string of the molecule is CCCCCCCCCCCC1(CCCn2ccnc2)SCC(C)S1. The van der Waals surface area contributed by atoms with Gasteiger partial charge >= 0.3 is 0 Å². The molecule has 0 radical (unpaired) electrons. The highest BCUT2D eigenvalue weighted by molar-refractivity contribution is 8.21. The van der Waals surface area contributed by atoms with E-state index >= 15 is 0 Å². The maximum Gasteiger partial charge on any atom is 0.0945 e. The maximum atomic E-state index is 4.16. The predicted octanol–water partition coefficient (Wildman–Crippen LogP) is 7.15. The number of rotatable bonds is 14. The van der Waals surface area contributed by atoms with Crippen LogP contribution >= 0.6 is 23.5 Å². The number of aromatic nitrogens is 2. The van der Waals surface area contributed by atoms with E-state index in [1.54, 1.807) is 0 Å². The van der Waals surface area contributed by atoms with Gasteiger partial charge in [0, 0.05) is 29.9 Å². The first-order chi connectivity index (χ1) is 12.2. The van der Waals surface area contributed by atoms with Crippen molar-refractivity contribution in [2.45, 2.75) is 107 Å². The number of aryl methyl sites for hydroxylation is 1. The summed E-state index contributed by atoms with van der Waals surface area (Å²) >= 11 is 4.52. The molecule has 2 nitrogen and oxygen atoms in total. The van der Waals surface area contributed by atoms with Gasteiger partial charge in [0.25, 0.3) is 0 Å². The van der Waals surface area contributed by atoms with Crippen molar-refractivity contribution < 1.29 is 0 Å². The molecule has 1 aliphatic heterocycles. The molecule has 1 aromatic rings. The van der Waals surface area contributed by atoms with E-state index in [4.69, 9.17) is 0 Å². The van der Waals surface area contributed by atoms with Crippen molar-refractivity contribution in [3.63, 3.8) is 0 Å². The van der Waals surface area contributed by atoms with Crippen LogP contribution in [0.25, 0.3) is 0 Å². The van der Waals surface area contributed by atoms with Crippen molar-refractivity contribution in [1.29, 1.82) is 0 Å². The molecule has 2 rings (SSSR count). The van der Waals surface area contributed by atoms with Crippen LogP contribution in [-0.4, -0.2) is 24.6 Å². The van der Waals surface area contributed by atoms with Crippen molar-refractivity contribution in [3.8, 4) is 0 Å². The van der Waals surface area contributed by atoms with Gasteiger partial charge in [-0.1, -0.05) is 71.6 Å². The zero-order chi connectivity index (χ0) is 17.8. The molecule has 1 aliphatic rings. The molecule has 0 saturated carbocycles. The summed E-state index contributed by atoms with van der Waals surface area (Å²) in [6.45, 7) is 5.83. The smallest absolute Gasteiger partial charge is 0.0945 e. The summed E-state index contributed by atoms with van der Waals surface area (Å²) in [5.41, 5.74) is 0. The minimum atomic E-state index is 0.501. The molecule has 25 heavy (non-hydrogen) atoms. The minimum absolute atomic E-state index is 0.501. The fourth-order valence-electron chi connectivity index (χ4n) is 3.75. The van der Waals surface area contributed by atoms with Crippen molar-refractivity contribution in [3.05, 3.63) is 18.7 Å². The van der Waals surface area contributed by atoms with Crippen LogP contribution in [0.4, 0.5) is 0 Å². The average Bonchev–Trinajstić information content (AvgIpc) is 3.24. The number of hydrogen-bond acceptors (Lipinski definition) is 3. The van der Waals surface area contributed by atoms with E-state index in [9.17, 15) is 0 Å². The summed E-state index contributed by atoms with van der Waals surface area (Å²) < 4.78 is 2.72. The molecule has 0 N–H and O–H groups in total. The summed E-state index contributed by atoms with van der Waals surface area (Å²) in [5, 5.41) is 0.830. The van der Waals surface area contributed by atoms with Gasteiger partial charge < -0.3 is 4.57 Å². The Labute approximate surface area is 164 Å². The normalized spacial score (nSPS) is 23.4. The van der Waals surface area contributed by atoms with Crippen LogP contribution in [-0.2, 0) is 6.54 Å². The summed E-state index contributed by atoms with van der Waals surface area (Å²) in [5.74, 6) is 1.34. The van der Waals surface area contributed by atoms with Crippen LogP contribution in [0.5, 0.6) is 0 Å². The molecule has 0 spiro atoms. The number of imidazole rings is 1. The first-order valence-electron chi connectivity index (χ1n) is 10.5. The second-order valence-corrected chi connectivity index (χ2v) is 11.1. The van der Waals surface area contributed by atoms with Gasteiger partial charge in [0.1, 0.15) is 0 Å². The van der Waals surface area contributed by atoms with Crippen molar-refractivity contribution in [2.75, 3.05) is 5.75 Å². The van der Waals surface area contributed by atoms with Crippen LogP contribution in [0, 0.1) is 0 Å². The van der Waals surface area contributed by atoms with Gasteiger partial charge in [0.15, 0.2) is 0 Å². The molecule has 0 amide bonds. The lowest BCUT2D eigenvalue weighted by molar-refractivity contribution is 0.519. The van der Waals surface area contributed by atoms with Crippen LogP contribution < -0.4 is 0 Å². The first-order valence-corrected chi connectivity index (χ1v) is 12.4. The maximum absolute atomic E-state index is 4.16. The Morgan fingerprint density at radius 1 is 1.00 bits per heavy atom. The lowest BCUT2D eigenvalue weighted by Crippen LogP contribution is -2.18. The zero-order valence-corrected chi connectivity index (χ0v) is 18.1. The number of hydrogen-bond donors (Lipinski definition) is 0. The van der Waals surface area contributed by atoms with E-state index in [1.807, 2.05) is 12.5 Å². The average molecular weight is 383 g/mol. The summed E-state index contributed by atoms with van der Waals surface area (Å²) in [7, 11) is 0. The second kappa shape index (κ2) is 12.3. The number of thioether (sulfide) groups is 2. The summed E-state index contributed by atoms with van der Waals surface area (Å²) in [6, 6.07) is 0. The third kappa shape index (κ3) is 8.43. The largest absolute Gasteiger partial charge is 0.337 e. The molecule has 0 aliphatic carbocycles. The minimum Gasteiger partial charge on any atom is -0.337 e. The van der Waals surface area contributed by atoms with Gasteiger partial charge in [-0.05, 0) is 19.3 Å². The van der Waals surface area contributed by atoms with Crippen molar-refractivity contribution in [1.82, 2.24) is 9.55 Å². The molecule has 1 saturated heterocycles. The molecule has 0 bridgehead atoms. The lowest BCUT2D eigenvalue weighted by Gasteiger charge is -2.28. The fourth-order valence-corrected chi connectivity index (χ4v) is 7.56. The monoisotopic (exact) mass is 382 g/mol. The molecular formula is C21H38N2S2. The van der Waals surface area contributed by atoms with Crippen LogP contribution in [0.2, 0.25) is 0 Å². The number of nitrogens with zero attached hydrogens (tertiary/aromatic N) is 2. The van der Waals surface area contributed by atoms with Crippen LogP contribution in [0.1, 0.15) is 90.9 Å². The molecule has 2 heterocycles. The molecule has 0 aromatic carbocycles. The molecular weight excluding hydrogens is 344 g/mol. The van der Waals surface area contributed by atoms with Gasteiger partial charge in [0.05, 0.1) is 10.4 Å². The molecule has 1 fully saturated rings. The topological polar surface area (TPSA) is 17.8 Å². The molecule has 144 valence electrons. The van der Waals surface area contributed by atoms with E-state index in [2.05, 4.69) is 53.1 Å². The zero-order valence-electron chi connectivity index (χ0n) is 16.4. The van der Waals surface area contributed by atoms with E-state index in [1.165, 1.54) is 82.8 Å². The van der Waals surface area contributed by atoms with Gasteiger partial charge in [-0.25, -0.2) is 4.98 Å². The van der Waals surface area contributed by atoms with Gasteiger partial charge in [-0.3, -0.25) is 0 Å². The highest BCUT2D eigenvalue weighted by Gasteiger charge is 2.37. The molecule has 2 unspecified atom stereocenters. The third-order valence-electron chi connectivity index (χ3n) is 5.19. The Hall–Kier alpha value is -0.0900. The predicted molar refractivity (Wildman–Crippen MR) is 116 cm³/mol.